The van der Waals surface area contributed by atoms with Crippen LogP contribution in [0.4, 0.5) is 9.18 Å². The summed E-state index contributed by atoms with van der Waals surface area (Å²) in [4.78, 5) is 38.1. The summed E-state index contributed by atoms with van der Waals surface area (Å²) in [6.45, 7) is 1.88. The van der Waals surface area contributed by atoms with Crippen LogP contribution in [0, 0.1) is 11.7 Å². The van der Waals surface area contributed by atoms with Crippen molar-refractivity contribution in [3.63, 3.8) is 0 Å². The summed E-state index contributed by atoms with van der Waals surface area (Å²) >= 11 is 0. The molecule has 1 saturated heterocycles. The molecule has 3 rings (SSSR count). The molecular formula is C18H22FN3O3. The van der Waals surface area contributed by atoms with E-state index < -0.39 is 17.5 Å². The minimum absolute atomic E-state index is 0.0602. The molecule has 1 aromatic rings. The average molecular weight is 347 g/mol. The molecule has 4 amide bonds. The molecule has 2 N–H and O–H groups in total. The highest BCUT2D eigenvalue weighted by Gasteiger charge is 2.55. The smallest absolute Gasteiger partial charge is 0.325 e. The van der Waals surface area contributed by atoms with Crippen molar-refractivity contribution < 1.29 is 18.8 Å². The van der Waals surface area contributed by atoms with Gasteiger partial charge in [0.25, 0.3) is 5.91 Å². The fraction of sp³-hybridized carbons (Fsp3) is 0.500. The van der Waals surface area contributed by atoms with Crippen molar-refractivity contribution in [2.45, 2.75) is 44.7 Å². The Labute approximate surface area is 145 Å². The molecule has 7 heteroatoms. The molecule has 6 nitrogen and oxygen atoms in total. The van der Waals surface area contributed by atoms with Gasteiger partial charge in [0.1, 0.15) is 17.9 Å². The molecule has 1 aliphatic carbocycles. The number of benzene rings is 1. The van der Waals surface area contributed by atoms with Crippen LogP contribution in [0.15, 0.2) is 24.3 Å². The van der Waals surface area contributed by atoms with Gasteiger partial charge in [0.2, 0.25) is 5.91 Å². The first-order chi connectivity index (χ1) is 11.9. The second-order valence-electron chi connectivity index (χ2n) is 6.84. The third-order valence-electron chi connectivity index (χ3n) is 5.21. The summed E-state index contributed by atoms with van der Waals surface area (Å²) in [6, 6.07) is 5.26. The van der Waals surface area contributed by atoms with Crippen LogP contribution in [-0.4, -0.2) is 34.8 Å². The Morgan fingerprint density at radius 2 is 2.04 bits per heavy atom. The van der Waals surface area contributed by atoms with Crippen molar-refractivity contribution in [2.75, 3.05) is 6.54 Å². The maximum atomic E-state index is 12.9. The number of nitrogens with zero attached hydrogens (tertiary/aromatic N) is 1. The van der Waals surface area contributed by atoms with Gasteiger partial charge in [-0.2, -0.15) is 0 Å². The van der Waals surface area contributed by atoms with Crippen LogP contribution in [0.3, 0.4) is 0 Å². The molecule has 0 aromatic heterocycles. The molecule has 2 atom stereocenters. The summed E-state index contributed by atoms with van der Waals surface area (Å²) in [6.07, 6.45) is 3.44. The SMILES string of the molecule is C[C@H]1CCCC[C@]12NC(=O)N(CC(=O)NCc1ccc(F)cc1)C2=O. The van der Waals surface area contributed by atoms with Crippen LogP contribution in [0.5, 0.6) is 0 Å². The van der Waals surface area contributed by atoms with Crippen molar-refractivity contribution >= 4 is 17.8 Å². The van der Waals surface area contributed by atoms with Crippen LogP contribution in [0.1, 0.15) is 38.2 Å². The van der Waals surface area contributed by atoms with Crippen LogP contribution >= 0.6 is 0 Å². The number of rotatable bonds is 4. The van der Waals surface area contributed by atoms with E-state index in [1.807, 2.05) is 6.92 Å². The Morgan fingerprint density at radius 3 is 2.72 bits per heavy atom. The second kappa shape index (κ2) is 6.82. The molecule has 1 aromatic carbocycles. The van der Waals surface area contributed by atoms with Crippen molar-refractivity contribution in [3.8, 4) is 0 Å². The Balaban J connectivity index is 1.60. The van der Waals surface area contributed by atoms with Crippen molar-refractivity contribution in [1.82, 2.24) is 15.5 Å². The number of urea groups is 1. The largest absolute Gasteiger partial charge is 0.350 e. The van der Waals surface area contributed by atoms with Crippen LogP contribution in [0.2, 0.25) is 0 Å². The fourth-order valence-corrected chi connectivity index (χ4v) is 3.64. The van der Waals surface area contributed by atoms with Gasteiger partial charge in [0.05, 0.1) is 0 Å². The lowest BCUT2D eigenvalue weighted by Crippen LogP contribution is -2.54. The number of imide groups is 1. The maximum absolute atomic E-state index is 12.9. The fourth-order valence-electron chi connectivity index (χ4n) is 3.64. The number of carbonyl (C=O) groups is 3. The highest BCUT2D eigenvalue weighted by atomic mass is 19.1. The first kappa shape index (κ1) is 17.4. The second-order valence-corrected chi connectivity index (χ2v) is 6.84. The number of hydrogen-bond donors (Lipinski definition) is 2. The first-order valence-corrected chi connectivity index (χ1v) is 8.57. The quantitative estimate of drug-likeness (QED) is 0.817. The summed E-state index contributed by atoms with van der Waals surface area (Å²) in [5.74, 6) is -1.01. The minimum atomic E-state index is -0.855. The zero-order valence-electron chi connectivity index (χ0n) is 14.2. The standard InChI is InChI=1S/C18H22FN3O3/c1-12-4-2-3-9-18(12)16(24)22(17(25)21-18)11-15(23)20-10-13-5-7-14(19)8-6-13/h5-8,12H,2-4,9-11H2,1H3,(H,20,23)(H,21,25)/t12-,18-/m0/s1. The van der Waals surface area contributed by atoms with Gasteiger partial charge in [-0.25, -0.2) is 9.18 Å². The molecule has 1 heterocycles. The Hall–Kier alpha value is -2.44. The molecule has 1 spiro atoms. The van der Waals surface area contributed by atoms with E-state index in [1.54, 1.807) is 12.1 Å². The van der Waals surface area contributed by atoms with Gasteiger partial charge in [-0.1, -0.05) is 31.9 Å². The van der Waals surface area contributed by atoms with Crippen LogP contribution in [-0.2, 0) is 16.1 Å². The van der Waals surface area contributed by atoms with Gasteiger partial charge in [-0.15, -0.1) is 0 Å². The van der Waals surface area contributed by atoms with Crippen LogP contribution < -0.4 is 10.6 Å². The monoisotopic (exact) mass is 347 g/mol. The van der Waals surface area contributed by atoms with E-state index in [0.717, 1.165) is 29.7 Å². The Morgan fingerprint density at radius 1 is 1.32 bits per heavy atom. The summed E-state index contributed by atoms with van der Waals surface area (Å²) in [7, 11) is 0. The molecule has 0 radical (unpaired) electrons. The van der Waals surface area contributed by atoms with Gasteiger partial charge in [-0.05, 0) is 36.5 Å². The van der Waals surface area contributed by atoms with E-state index in [1.165, 1.54) is 12.1 Å². The number of nitrogens with one attached hydrogen (secondary N) is 2. The van der Waals surface area contributed by atoms with E-state index in [0.29, 0.717) is 6.42 Å². The Bertz CT molecular complexity index is 691. The number of hydrogen-bond acceptors (Lipinski definition) is 3. The van der Waals surface area contributed by atoms with E-state index in [9.17, 15) is 18.8 Å². The third-order valence-corrected chi connectivity index (χ3v) is 5.21. The molecule has 2 aliphatic rings. The molecule has 0 bridgehead atoms. The Kier molecular flexibility index (Phi) is 4.74. The lowest BCUT2D eigenvalue weighted by Gasteiger charge is -2.36. The number of amides is 4. The minimum Gasteiger partial charge on any atom is -0.350 e. The van der Waals surface area contributed by atoms with E-state index >= 15 is 0 Å². The first-order valence-electron chi connectivity index (χ1n) is 8.57. The van der Waals surface area contributed by atoms with Gasteiger partial charge in [-0.3, -0.25) is 14.5 Å². The van der Waals surface area contributed by atoms with Crippen LogP contribution in [0.25, 0.3) is 0 Å². The van der Waals surface area contributed by atoms with E-state index in [-0.39, 0.29) is 30.7 Å². The molecule has 0 unspecified atom stereocenters. The molecule has 134 valence electrons. The summed E-state index contributed by atoms with van der Waals surface area (Å²) in [5.41, 5.74) is -0.114. The average Bonchev–Trinajstić information content (AvgIpc) is 2.82. The predicted molar refractivity (Wildman–Crippen MR) is 88.9 cm³/mol. The third kappa shape index (κ3) is 3.36. The van der Waals surface area contributed by atoms with Gasteiger partial charge < -0.3 is 10.6 Å². The van der Waals surface area contributed by atoms with Gasteiger partial charge in [0, 0.05) is 6.54 Å². The lowest BCUT2D eigenvalue weighted by atomic mass is 9.73. The highest BCUT2D eigenvalue weighted by Crippen LogP contribution is 2.38. The number of halogens is 1. The van der Waals surface area contributed by atoms with Gasteiger partial charge >= 0.3 is 6.03 Å². The summed E-state index contributed by atoms with van der Waals surface area (Å²) in [5, 5.41) is 5.47. The normalized spacial score (nSPS) is 26.0. The molecular weight excluding hydrogens is 325 g/mol. The lowest BCUT2D eigenvalue weighted by molar-refractivity contribution is -0.137. The summed E-state index contributed by atoms with van der Waals surface area (Å²) < 4.78 is 12.9. The molecule has 1 saturated carbocycles. The topological polar surface area (TPSA) is 78.5 Å². The van der Waals surface area contributed by atoms with Crippen molar-refractivity contribution in [2.24, 2.45) is 5.92 Å². The highest BCUT2D eigenvalue weighted by molar-refractivity contribution is 6.09. The molecule has 2 fully saturated rings. The zero-order valence-corrected chi connectivity index (χ0v) is 14.2. The van der Waals surface area contributed by atoms with Gasteiger partial charge in [0.15, 0.2) is 0 Å². The predicted octanol–water partition coefficient (Wildman–Crippen LogP) is 1.94. The molecule has 1 aliphatic heterocycles. The van der Waals surface area contributed by atoms with Crippen molar-refractivity contribution in [3.05, 3.63) is 35.6 Å². The molecule has 25 heavy (non-hydrogen) atoms. The van der Waals surface area contributed by atoms with E-state index in [2.05, 4.69) is 10.6 Å². The van der Waals surface area contributed by atoms with Crippen molar-refractivity contribution in [1.29, 1.82) is 0 Å². The maximum Gasteiger partial charge on any atom is 0.325 e. The van der Waals surface area contributed by atoms with E-state index in [4.69, 9.17) is 0 Å². The zero-order chi connectivity index (χ0) is 18.0. The number of carbonyl (C=O) groups excluding carboxylic acids is 3.